The number of amides is 1. The number of rotatable bonds is 4. The van der Waals surface area contributed by atoms with E-state index < -0.39 is 0 Å². The summed E-state index contributed by atoms with van der Waals surface area (Å²) in [7, 11) is 0. The normalized spacial score (nSPS) is 12.2. The van der Waals surface area contributed by atoms with Crippen molar-refractivity contribution in [3.63, 3.8) is 0 Å². The van der Waals surface area contributed by atoms with Crippen LogP contribution in [0, 0.1) is 13.8 Å². The van der Waals surface area contributed by atoms with E-state index in [9.17, 15) is 4.79 Å². The largest absolute Gasteiger partial charge is 0.349 e. The van der Waals surface area contributed by atoms with E-state index in [2.05, 4.69) is 15.5 Å². The molecule has 0 aliphatic heterocycles. The third kappa shape index (κ3) is 3.68. The molecule has 0 spiro atoms. The molecule has 2 rings (SSSR count). The maximum Gasteiger partial charge on any atom is 0.251 e. The van der Waals surface area contributed by atoms with Crippen molar-refractivity contribution in [3.05, 3.63) is 52.8 Å². The first-order chi connectivity index (χ1) is 9.04. The molecule has 0 radical (unpaired) electrons. The Morgan fingerprint density at radius 1 is 1.32 bits per heavy atom. The Morgan fingerprint density at radius 3 is 2.58 bits per heavy atom. The van der Waals surface area contributed by atoms with Gasteiger partial charge in [-0.3, -0.25) is 9.89 Å². The number of nitrogens with zero attached hydrogens (tertiary/aromatic N) is 1. The van der Waals surface area contributed by atoms with Gasteiger partial charge >= 0.3 is 0 Å². The number of carbonyl (C=O) groups is 1. The molecule has 0 bridgehead atoms. The Balaban J connectivity index is 1.93. The summed E-state index contributed by atoms with van der Waals surface area (Å²) in [6.45, 7) is 5.95. The quantitative estimate of drug-likeness (QED) is 0.883. The summed E-state index contributed by atoms with van der Waals surface area (Å²) in [5, 5.41) is 10.1. The van der Waals surface area contributed by atoms with Gasteiger partial charge in [-0.2, -0.15) is 5.10 Å². The molecule has 1 aromatic heterocycles. The van der Waals surface area contributed by atoms with Gasteiger partial charge in [0.1, 0.15) is 0 Å². The standard InChI is InChI=1S/C15H19N3O/c1-10-4-6-13(7-5-10)15(19)16-11(2)8-14-9-12(3)17-18-14/h4-7,9,11H,8H2,1-3H3,(H,16,19)(H,17,18)/t11-/m0/s1. The van der Waals surface area contributed by atoms with Crippen molar-refractivity contribution >= 4 is 5.91 Å². The lowest BCUT2D eigenvalue weighted by Crippen LogP contribution is -2.34. The van der Waals surface area contributed by atoms with Crippen molar-refractivity contribution in [3.8, 4) is 0 Å². The highest BCUT2D eigenvalue weighted by Crippen LogP contribution is 2.05. The molecule has 100 valence electrons. The summed E-state index contributed by atoms with van der Waals surface area (Å²) < 4.78 is 0. The molecule has 0 unspecified atom stereocenters. The maximum atomic E-state index is 12.0. The minimum absolute atomic E-state index is 0.0419. The third-order valence-corrected chi connectivity index (χ3v) is 2.97. The lowest BCUT2D eigenvalue weighted by molar-refractivity contribution is 0.0940. The number of carbonyl (C=O) groups excluding carboxylic acids is 1. The molecule has 0 aliphatic carbocycles. The zero-order valence-corrected chi connectivity index (χ0v) is 11.5. The van der Waals surface area contributed by atoms with E-state index in [1.54, 1.807) is 0 Å². The number of hydrogen-bond donors (Lipinski definition) is 2. The molecule has 0 fully saturated rings. The molecule has 1 heterocycles. The molecular weight excluding hydrogens is 238 g/mol. The number of benzene rings is 1. The van der Waals surface area contributed by atoms with Crippen LogP contribution in [-0.4, -0.2) is 22.1 Å². The lowest BCUT2D eigenvalue weighted by atomic mass is 10.1. The van der Waals surface area contributed by atoms with Crippen LogP contribution in [0.3, 0.4) is 0 Å². The molecule has 1 atom stereocenters. The number of H-pyrrole nitrogens is 1. The van der Waals surface area contributed by atoms with Crippen molar-refractivity contribution in [1.29, 1.82) is 0 Å². The van der Waals surface area contributed by atoms with Crippen LogP contribution in [0.5, 0.6) is 0 Å². The first-order valence-electron chi connectivity index (χ1n) is 6.43. The summed E-state index contributed by atoms with van der Waals surface area (Å²) in [4.78, 5) is 12.0. The minimum atomic E-state index is -0.0419. The molecule has 1 aromatic carbocycles. The number of nitrogens with one attached hydrogen (secondary N) is 2. The van der Waals surface area contributed by atoms with E-state index in [0.29, 0.717) is 5.56 Å². The average Bonchev–Trinajstić information content (AvgIpc) is 2.75. The molecule has 4 nitrogen and oxygen atoms in total. The lowest BCUT2D eigenvalue weighted by Gasteiger charge is -2.12. The Hall–Kier alpha value is -2.10. The Kier molecular flexibility index (Phi) is 4.00. The fourth-order valence-electron chi connectivity index (χ4n) is 1.96. The monoisotopic (exact) mass is 257 g/mol. The smallest absolute Gasteiger partial charge is 0.251 e. The van der Waals surface area contributed by atoms with Gasteiger partial charge < -0.3 is 5.32 Å². The van der Waals surface area contributed by atoms with E-state index in [0.717, 1.165) is 23.4 Å². The molecule has 4 heteroatoms. The number of aromatic amines is 1. The fourth-order valence-corrected chi connectivity index (χ4v) is 1.96. The Bertz CT molecular complexity index is 557. The highest BCUT2D eigenvalue weighted by atomic mass is 16.1. The molecular formula is C15H19N3O. The van der Waals surface area contributed by atoms with Gasteiger partial charge in [-0.15, -0.1) is 0 Å². The highest BCUT2D eigenvalue weighted by Gasteiger charge is 2.11. The van der Waals surface area contributed by atoms with Gasteiger partial charge in [0.25, 0.3) is 5.91 Å². The Labute approximate surface area is 113 Å². The number of hydrogen-bond acceptors (Lipinski definition) is 2. The molecule has 2 N–H and O–H groups in total. The van der Waals surface area contributed by atoms with Gasteiger partial charge in [0.05, 0.1) is 5.69 Å². The predicted octanol–water partition coefficient (Wildman–Crippen LogP) is 2.39. The van der Waals surface area contributed by atoms with Gasteiger partial charge in [0.15, 0.2) is 0 Å². The van der Waals surface area contributed by atoms with Gasteiger partial charge in [0.2, 0.25) is 0 Å². The van der Waals surface area contributed by atoms with E-state index in [1.807, 2.05) is 51.1 Å². The van der Waals surface area contributed by atoms with Crippen molar-refractivity contribution in [2.75, 3.05) is 0 Å². The molecule has 19 heavy (non-hydrogen) atoms. The second kappa shape index (κ2) is 5.69. The van der Waals surface area contributed by atoms with E-state index in [4.69, 9.17) is 0 Å². The summed E-state index contributed by atoms with van der Waals surface area (Å²) in [5.41, 5.74) is 3.84. The molecule has 0 aliphatic rings. The summed E-state index contributed by atoms with van der Waals surface area (Å²) in [6.07, 6.45) is 0.724. The van der Waals surface area contributed by atoms with Gasteiger partial charge in [0, 0.05) is 23.7 Å². The molecule has 0 saturated heterocycles. The molecule has 0 saturated carbocycles. The Morgan fingerprint density at radius 2 is 2.00 bits per heavy atom. The van der Waals surface area contributed by atoms with E-state index in [1.165, 1.54) is 0 Å². The number of aromatic nitrogens is 2. The third-order valence-electron chi connectivity index (χ3n) is 2.97. The first-order valence-corrected chi connectivity index (χ1v) is 6.43. The first kappa shape index (κ1) is 13.3. The molecule has 2 aromatic rings. The van der Waals surface area contributed by atoms with E-state index in [-0.39, 0.29) is 11.9 Å². The predicted molar refractivity (Wildman–Crippen MR) is 75.1 cm³/mol. The van der Waals surface area contributed by atoms with Crippen LogP contribution in [0.4, 0.5) is 0 Å². The zero-order valence-electron chi connectivity index (χ0n) is 11.5. The number of aryl methyl sites for hydroxylation is 2. The maximum absolute atomic E-state index is 12.0. The van der Waals surface area contributed by atoms with Crippen molar-refractivity contribution in [1.82, 2.24) is 15.5 Å². The van der Waals surface area contributed by atoms with Gasteiger partial charge in [-0.1, -0.05) is 17.7 Å². The van der Waals surface area contributed by atoms with Crippen LogP contribution in [0.1, 0.15) is 34.2 Å². The van der Waals surface area contributed by atoms with Gasteiger partial charge in [-0.25, -0.2) is 0 Å². The summed E-state index contributed by atoms with van der Waals surface area (Å²) in [6, 6.07) is 9.62. The highest BCUT2D eigenvalue weighted by molar-refractivity contribution is 5.94. The van der Waals surface area contributed by atoms with Crippen LogP contribution < -0.4 is 5.32 Å². The average molecular weight is 257 g/mol. The van der Waals surface area contributed by atoms with Crippen LogP contribution >= 0.6 is 0 Å². The van der Waals surface area contributed by atoms with Crippen LogP contribution in [0.15, 0.2) is 30.3 Å². The van der Waals surface area contributed by atoms with Gasteiger partial charge in [-0.05, 0) is 39.0 Å². The van der Waals surface area contributed by atoms with E-state index >= 15 is 0 Å². The summed E-state index contributed by atoms with van der Waals surface area (Å²) in [5.74, 6) is -0.0419. The summed E-state index contributed by atoms with van der Waals surface area (Å²) >= 11 is 0. The van der Waals surface area contributed by atoms with Crippen molar-refractivity contribution < 1.29 is 4.79 Å². The topological polar surface area (TPSA) is 57.8 Å². The van der Waals surface area contributed by atoms with Crippen molar-refractivity contribution in [2.45, 2.75) is 33.2 Å². The van der Waals surface area contributed by atoms with Crippen LogP contribution in [-0.2, 0) is 6.42 Å². The SMILES string of the molecule is Cc1ccc(C(=O)N[C@@H](C)Cc2cc(C)[nH]n2)cc1. The zero-order chi connectivity index (χ0) is 13.8. The second-order valence-electron chi connectivity index (χ2n) is 4.99. The molecule has 1 amide bonds. The minimum Gasteiger partial charge on any atom is -0.349 e. The van der Waals surface area contributed by atoms with Crippen LogP contribution in [0.25, 0.3) is 0 Å². The second-order valence-corrected chi connectivity index (χ2v) is 4.99. The van der Waals surface area contributed by atoms with Crippen molar-refractivity contribution in [2.24, 2.45) is 0 Å². The van der Waals surface area contributed by atoms with Crippen LogP contribution in [0.2, 0.25) is 0 Å². The fraction of sp³-hybridized carbons (Fsp3) is 0.333.